The number of esters is 1. The van der Waals surface area contributed by atoms with Gasteiger partial charge in [0.2, 0.25) is 0 Å². The van der Waals surface area contributed by atoms with Gasteiger partial charge in [0.15, 0.2) is 0 Å². The van der Waals surface area contributed by atoms with Crippen LogP contribution in [0.2, 0.25) is 5.02 Å². The molecule has 0 radical (unpaired) electrons. The second-order valence-corrected chi connectivity index (χ2v) is 4.00. The lowest BCUT2D eigenvalue weighted by molar-refractivity contribution is -0.141. The van der Waals surface area contributed by atoms with Crippen molar-refractivity contribution in [2.75, 3.05) is 33.9 Å². The highest BCUT2D eigenvalue weighted by Gasteiger charge is 2.06. The summed E-state index contributed by atoms with van der Waals surface area (Å²) < 4.78 is 10.1. The third-order valence-corrected chi connectivity index (χ3v) is 2.51. The van der Waals surface area contributed by atoms with Gasteiger partial charge in [-0.05, 0) is 19.2 Å². The van der Waals surface area contributed by atoms with E-state index in [0.717, 1.165) is 0 Å². The van der Waals surface area contributed by atoms with E-state index in [1.54, 1.807) is 6.07 Å². The lowest BCUT2D eigenvalue weighted by Gasteiger charge is -2.15. The number of hydrogen-bond donors (Lipinski definition) is 0. The summed E-state index contributed by atoms with van der Waals surface area (Å²) in [4.78, 5) is 12.8. The maximum atomic E-state index is 11.0. The Morgan fingerprint density at radius 3 is 2.76 bits per heavy atom. The molecule has 0 heterocycles. The molecule has 0 fully saturated rings. The first kappa shape index (κ1) is 13.8. The molecule has 4 nitrogen and oxygen atoms in total. The van der Waals surface area contributed by atoms with Crippen molar-refractivity contribution in [1.29, 1.82) is 0 Å². The zero-order valence-corrected chi connectivity index (χ0v) is 10.7. The van der Waals surface area contributed by atoms with Crippen LogP contribution in [-0.2, 0) is 9.53 Å². The van der Waals surface area contributed by atoms with Crippen LogP contribution in [0.5, 0.6) is 5.75 Å². The van der Waals surface area contributed by atoms with Crippen LogP contribution in [-0.4, -0.2) is 44.7 Å². The van der Waals surface area contributed by atoms with E-state index in [9.17, 15) is 4.79 Å². The first-order valence-electron chi connectivity index (χ1n) is 5.26. The summed E-state index contributed by atoms with van der Waals surface area (Å²) in [5.41, 5.74) is 0. The molecular formula is C12H16ClNO3. The van der Waals surface area contributed by atoms with E-state index in [0.29, 0.717) is 23.9 Å². The van der Waals surface area contributed by atoms with Crippen molar-refractivity contribution in [3.05, 3.63) is 29.3 Å². The number of ether oxygens (including phenoxy) is 2. The average Bonchev–Trinajstić information content (AvgIpc) is 2.31. The topological polar surface area (TPSA) is 38.8 Å². The zero-order chi connectivity index (χ0) is 12.7. The standard InChI is InChI=1S/C12H16ClNO3/c1-14(9-12(15)16-2)7-8-17-11-6-4-3-5-10(11)13/h3-6H,7-9H2,1-2H3. The molecule has 17 heavy (non-hydrogen) atoms. The Balaban J connectivity index is 2.28. The molecule has 0 aliphatic heterocycles. The van der Waals surface area contributed by atoms with Crippen LogP contribution in [0.1, 0.15) is 0 Å². The zero-order valence-electron chi connectivity index (χ0n) is 9.98. The number of likely N-dealkylation sites (N-methyl/N-ethyl adjacent to an activating group) is 1. The summed E-state index contributed by atoms with van der Waals surface area (Å²) in [5, 5.41) is 0.586. The van der Waals surface area contributed by atoms with E-state index in [2.05, 4.69) is 4.74 Å². The van der Waals surface area contributed by atoms with Crippen molar-refractivity contribution >= 4 is 17.6 Å². The molecule has 1 aromatic carbocycles. The van der Waals surface area contributed by atoms with Gasteiger partial charge in [0.25, 0.3) is 0 Å². The predicted molar refractivity (Wildman–Crippen MR) is 66.5 cm³/mol. The van der Waals surface area contributed by atoms with Crippen LogP contribution >= 0.6 is 11.6 Å². The van der Waals surface area contributed by atoms with Gasteiger partial charge in [-0.2, -0.15) is 0 Å². The minimum atomic E-state index is -0.259. The molecule has 0 amide bonds. The van der Waals surface area contributed by atoms with Gasteiger partial charge in [0, 0.05) is 6.54 Å². The van der Waals surface area contributed by atoms with Crippen molar-refractivity contribution in [3.8, 4) is 5.75 Å². The summed E-state index contributed by atoms with van der Waals surface area (Å²) in [7, 11) is 3.20. The molecule has 5 heteroatoms. The normalized spacial score (nSPS) is 10.4. The van der Waals surface area contributed by atoms with Crippen molar-refractivity contribution < 1.29 is 14.3 Å². The van der Waals surface area contributed by atoms with Gasteiger partial charge in [0.1, 0.15) is 12.4 Å². The Kier molecular flexibility index (Phi) is 5.80. The van der Waals surface area contributed by atoms with Crippen molar-refractivity contribution in [1.82, 2.24) is 4.90 Å². The van der Waals surface area contributed by atoms with Crippen LogP contribution in [0.3, 0.4) is 0 Å². The average molecular weight is 258 g/mol. The van der Waals surface area contributed by atoms with Crippen LogP contribution in [0, 0.1) is 0 Å². The fraction of sp³-hybridized carbons (Fsp3) is 0.417. The summed E-state index contributed by atoms with van der Waals surface area (Å²) in [6.07, 6.45) is 0. The smallest absolute Gasteiger partial charge is 0.319 e. The van der Waals surface area contributed by atoms with Crippen LogP contribution in [0.15, 0.2) is 24.3 Å². The summed E-state index contributed by atoms with van der Waals surface area (Å²) in [6, 6.07) is 7.29. The molecule has 0 aliphatic carbocycles. The summed E-state index contributed by atoms with van der Waals surface area (Å²) in [5.74, 6) is 0.394. The largest absolute Gasteiger partial charge is 0.491 e. The Morgan fingerprint density at radius 1 is 1.41 bits per heavy atom. The van der Waals surface area contributed by atoms with E-state index in [1.807, 2.05) is 30.1 Å². The van der Waals surface area contributed by atoms with E-state index in [1.165, 1.54) is 7.11 Å². The maximum absolute atomic E-state index is 11.0. The van der Waals surface area contributed by atoms with E-state index >= 15 is 0 Å². The van der Waals surface area contributed by atoms with Gasteiger partial charge in [-0.15, -0.1) is 0 Å². The van der Waals surface area contributed by atoms with Gasteiger partial charge in [-0.3, -0.25) is 9.69 Å². The molecule has 0 saturated carbocycles. The molecule has 0 unspecified atom stereocenters. The van der Waals surface area contributed by atoms with Crippen molar-refractivity contribution in [2.45, 2.75) is 0 Å². The molecule has 0 bridgehead atoms. The lowest BCUT2D eigenvalue weighted by Crippen LogP contribution is -2.30. The first-order chi connectivity index (χ1) is 8.13. The molecule has 0 N–H and O–H groups in total. The highest BCUT2D eigenvalue weighted by molar-refractivity contribution is 6.32. The Morgan fingerprint density at radius 2 is 2.12 bits per heavy atom. The Bertz CT molecular complexity index is 371. The van der Waals surface area contributed by atoms with Gasteiger partial charge in [-0.1, -0.05) is 23.7 Å². The van der Waals surface area contributed by atoms with E-state index in [-0.39, 0.29) is 12.5 Å². The quantitative estimate of drug-likeness (QED) is 0.729. The number of para-hydroxylation sites is 1. The minimum absolute atomic E-state index is 0.252. The second-order valence-electron chi connectivity index (χ2n) is 3.59. The third kappa shape index (κ3) is 5.06. The monoisotopic (exact) mass is 257 g/mol. The molecule has 0 saturated heterocycles. The summed E-state index contributed by atoms with van der Waals surface area (Å²) >= 11 is 5.93. The minimum Gasteiger partial charge on any atom is -0.491 e. The molecule has 1 aromatic rings. The van der Waals surface area contributed by atoms with Gasteiger partial charge >= 0.3 is 5.97 Å². The molecule has 0 aliphatic rings. The molecule has 94 valence electrons. The van der Waals surface area contributed by atoms with Crippen LogP contribution < -0.4 is 4.74 Å². The summed E-state index contributed by atoms with van der Waals surface area (Å²) in [6.45, 7) is 1.35. The number of methoxy groups -OCH3 is 1. The van der Waals surface area contributed by atoms with Crippen molar-refractivity contribution in [3.63, 3.8) is 0 Å². The lowest BCUT2D eigenvalue weighted by atomic mass is 10.3. The fourth-order valence-electron chi connectivity index (χ4n) is 1.24. The Hall–Kier alpha value is -1.26. The fourth-order valence-corrected chi connectivity index (χ4v) is 1.43. The molecule has 1 rings (SSSR count). The van der Waals surface area contributed by atoms with Gasteiger partial charge in [-0.25, -0.2) is 0 Å². The first-order valence-corrected chi connectivity index (χ1v) is 5.64. The number of benzene rings is 1. The number of halogens is 1. The molecular weight excluding hydrogens is 242 g/mol. The number of carbonyl (C=O) groups is 1. The molecule has 0 aromatic heterocycles. The Labute approximate surface area is 106 Å². The number of rotatable bonds is 6. The van der Waals surface area contributed by atoms with Crippen molar-refractivity contribution in [2.24, 2.45) is 0 Å². The SMILES string of the molecule is COC(=O)CN(C)CCOc1ccccc1Cl. The van der Waals surface area contributed by atoms with E-state index < -0.39 is 0 Å². The maximum Gasteiger partial charge on any atom is 0.319 e. The highest BCUT2D eigenvalue weighted by Crippen LogP contribution is 2.22. The third-order valence-electron chi connectivity index (χ3n) is 2.19. The number of carbonyl (C=O) groups excluding carboxylic acids is 1. The number of hydrogen-bond acceptors (Lipinski definition) is 4. The predicted octanol–water partition coefficient (Wildman–Crippen LogP) is 1.82. The highest BCUT2D eigenvalue weighted by atomic mass is 35.5. The molecule has 0 spiro atoms. The van der Waals surface area contributed by atoms with Crippen LogP contribution in [0.25, 0.3) is 0 Å². The van der Waals surface area contributed by atoms with Crippen LogP contribution in [0.4, 0.5) is 0 Å². The van der Waals surface area contributed by atoms with Gasteiger partial charge in [0.05, 0.1) is 18.7 Å². The second kappa shape index (κ2) is 7.14. The number of nitrogens with zero attached hydrogens (tertiary/aromatic N) is 1. The molecule has 0 atom stereocenters. The van der Waals surface area contributed by atoms with Gasteiger partial charge < -0.3 is 9.47 Å². The van der Waals surface area contributed by atoms with E-state index in [4.69, 9.17) is 16.3 Å².